The first-order chi connectivity index (χ1) is 8.08. The Hall–Kier alpha value is -0.0800. The summed E-state index contributed by atoms with van der Waals surface area (Å²) in [6.07, 6.45) is 5.40. The summed E-state index contributed by atoms with van der Waals surface area (Å²) >= 11 is 0. The zero-order valence-electron chi connectivity index (χ0n) is 12.5. The maximum absolute atomic E-state index is 3.69. The van der Waals surface area contributed by atoms with Crippen LogP contribution >= 0.6 is 0 Å². The summed E-state index contributed by atoms with van der Waals surface area (Å²) in [4.78, 5) is 2.61. The maximum atomic E-state index is 3.69. The Labute approximate surface area is 108 Å². The number of hydrogen-bond donors (Lipinski definition) is 1. The molecule has 0 aromatic heterocycles. The van der Waals surface area contributed by atoms with E-state index in [0.29, 0.717) is 6.04 Å². The number of nitrogens with one attached hydrogen (secondary N) is 1. The molecule has 4 atom stereocenters. The van der Waals surface area contributed by atoms with Gasteiger partial charge in [-0.2, -0.15) is 0 Å². The Morgan fingerprint density at radius 1 is 1.29 bits per heavy atom. The minimum absolute atomic E-state index is 0.713. The lowest BCUT2D eigenvalue weighted by Gasteiger charge is -2.41. The van der Waals surface area contributed by atoms with Crippen molar-refractivity contribution in [1.29, 1.82) is 0 Å². The van der Waals surface area contributed by atoms with Crippen LogP contribution in [0.3, 0.4) is 0 Å². The molecule has 1 rings (SSSR count). The van der Waals surface area contributed by atoms with E-state index in [1.807, 2.05) is 0 Å². The van der Waals surface area contributed by atoms with Gasteiger partial charge in [-0.25, -0.2) is 0 Å². The Morgan fingerprint density at radius 3 is 2.59 bits per heavy atom. The van der Waals surface area contributed by atoms with Crippen LogP contribution in [-0.2, 0) is 0 Å². The molecular formula is C15H32N2. The smallest absolute Gasteiger partial charge is 0.0248 e. The number of likely N-dealkylation sites (N-methyl/N-ethyl adjacent to an activating group) is 2. The van der Waals surface area contributed by atoms with Gasteiger partial charge in [-0.1, -0.05) is 34.1 Å². The highest BCUT2D eigenvalue weighted by Crippen LogP contribution is 2.27. The molecule has 2 nitrogen and oxygen atoms in total. The van der Waals surface area contributed by atoms with Gasteiger partial charge in [-0.3, -0.25) is 0 Å². The van der Waals surface area contributed by atoms with Crippen LogP contribution in [0.1, 0.15) is 53.4 Å². The van der Waals surface area contributed by atoms with Crippen LogP contribution in [-0.4, -0.2) is 37.1 Å². The standard InChI is InChI=1S/C15H32N2/c1-6-12(3)11-17(5)15-10-13(4)8-9-14(15)16-7-2/h12-16H,6-11H2,1-5H3. The summed E-state index contributed by atoms with van der Waals surface area (Å²) in [6.45, 7) is 11.6. The summed E-state index contributed by atoms with van der Waals surface area (Å²) in [6, 6.07) is 1.46. The van der Waals surface area contributed by atoms with Crippen LogP contribution in [0, 0.1) is 11.8 Å². The van der Waals surface area contributed by atoms with Crippen LogP contribution in [0.4, 0.5) is 0 Å². The van der Waals surface area contributed by atoms with Crippen LogP contribution in [0.25, 0.3) is 0 Å². The van der Waals surface area contributed by atoms with E-state index < -0.39 is 0 Å². The Bertz CT molecular complexity index is 205. The van der Waals surface area contributed by atoms with E-state index in [2.05, 4.69) is 45.0 Å². The molecule has 0 amide bonds. The maximum Gasteiger partial charge on any atom is 0.0248 e. The van der Waals surface area contributed by atoms with Crippen molar-refractivity contribution in [3.63, 3.8) is 0 Å². The fraction of sp³-hybridized carbons (Fsp3) is 1.00. The van der Waals surface area contributed by atoms with E-state index in [0.717, 1.165) is 24.4 Å². The van der Waals surface area contributed by atoms with Gasteiger partial charge in [0.05, 0.1) is 0 Å². The summed E-state index contributed by atoms with van der Waals surface area (Å²) in [5.41, 5.74) is 0. The second-order valence-electron chi connectivity index (χ2n) is 6.10. The van der Waals surface area contributed by atoms with Crippen molar-refractivity contribution in [2.75, 3.05) is 20.1 Å². The monoisotopic (exact) mass is 240 g/mol. The molecule has 0 saturated heterocycles. The molecule has 1 N–H and O–H groups in total. The third-order valence-corrected chi connectivity index (χ3v) is 4.41. The van der Waals surface area contributed by atoms with Gasteiger partial charge in [0.25, 0.3) is 0 Å². The molecular weight excluding hydrogens is 208 g/mol. The molecule has 0 spiro atoms. The summed E-state index contributed by atoms with van der Waals surface area (Å²) in [5.74, 6) is 1.72. The molecule has 0 aliphatic heterocycles. The van der Waals surface area contributed by atoms with E-state index in [1.54, 1.807) is 0 Å². The molecule has 102 valence electrons. The Balaban J connectivity index is 2.54. The molecule has 1 saturated carbocycles. The third kappa shape index (κ3) is 4.59. The van der Waals surface area contributed by atoms with E-state index in [1.165, 1.54) is 32.2 Å². The highest BCUT2D eigenvalue weighted by atomic mass is 15.2. The Morgan fingerprint density at radius 2 is 2.00 bits per heavy atom. The van der Waals surface area contributed by atoms with Crippen molar-refractivity contribution in [1.82, 2.24) is 10.2 Å². The van der Waals surface area contributed by atoms with Crippen molar-refractivity contribution >= 4 is 0 Å². The van der Waals surface area contributed by atoms with Crippen molar-refractivity contribution in [2.24, 2.45) is 11.8 Å². The quantitative estimate of drug-likeness (QED) is 0.767. The van der Waals surface area contributed by atoms with E-state index in [-0.39, 0.29) is 0 Å². The SMILES string of the molecule is CCNC1CCC(C)CC1N(C)CC(C)CC. The molecule has 0 aromatic rings. The topological polar surface area (TPSA) is 15.3 Å². The second kappa shape index (κ2) is 7.38. The lowest BCUT2D eigenvalue weighted by atomic mass is 9.82. The summed E-state index contributed by atoms with van der Waals surface area (Å²) in [5, 5.41) is 3.69. The van der Waals surface area contributed by atoms with Crippen molar-refractivity contribution < 1.29 is 0 Å². The van der Waals surface area contributed by atoms with Crippen LogP contribution in [0.15, 0.2) is 0 Å². The van der Waals surface area contributed by atoms with Gasteiger partial charge in [0.2, 0.25) is 0 Å². The first-order valence-electron chi connectivity index (χ1n) is 7.52. The van der Waals surface area contributed by atoms with Crippen LogP contribution < -0.4 is 5.32 Å². The lowest BCUT2D eigenvalue weighted by molar-refractivity contribution is 0.112. The molecule has 1 aliphatic rings. The molecule has 0 aromatic carbocycles. The highest BCUT2D eigenvalue weighted by molar-refractivity contribution is 4.89. The average molecular weight is 240 g/mol. The van der Waals surface area contributed by atoms with Gasteiger partial charge in [0.1, 0.15) is 0 Å². The van der Waals surface area contributed by atoms with Gasteiger partial charge < -0.3 is 10.2 Å². The summed E-state index contributed by atoms with van der Waals surface area (Å²) < 4.78 is 0. The highest BCUT2D eigenvalue weighted by Gasteiger charge is 2.30. The molecule has 1 fully saturated rings. The number of hydrogen-bond acceptors (Lipinski definition) is 2. The molecule has 2 heteroatoms. The van der Waals surface area contributed by atoms with Gasteiger partial charge in [0, 0.05) is 18.6 Å². The first kappa shape index (κ1) is 15.0. The fourth-order valence-electron chi connectivity index (χ4n) is 3.09. The van der Waals surface area contributed by atoms with Crippen molar-refractivity contribution in [2.45, 2.75) is 65.5 Å². The van der Waals surface area contributed by atoms with Crippen LogP contribution in [0.5, 0.6) is 0 Å². The minimum atomic E-state index is 0.713. The minimum Gasteiger partial charge on any atom is -0.313 e. The van der Waals surface area contributed by atoms with E-state index >= 15 is 0 Å². The zero-order chi connectivity index (χ0) is 12.8. The van der Waals surface area contributed by atoms with Gasteiger partial charge in [-0.15, -0.1) is 0 Å². The van der Waals surface area contributed by atoms with Gasteiger partial charge in [0.15, 0.2) is 0 Å². The van der Waals surface area contributed by atoms with Crippen LogP contribution in [0.2, 0.25) is 0 Å². The molecule has 0 bridgehead atoms. The molecule has 4 unspecified atom stereocenters. The largest absolute Gasteiger partial charge is 0.313 e. The average Bonchev–Trinajstić information content (AvgIpc) is 2.31. The molecule has 0 radical (unpaired) electrons. The third-order valence-electron chi connectivity index (χ3n) is 4.41. The predicted molar refractivity (Wildman–Crippen MR) is 76.4 cm³/mol. The Kier molecular flexibility index (Phi) is 6.50. The lowest BCUT2D eigenvalue weighted by Crippen LogP contribution is -2.52. The first-order valence-corrected chi connectivity index (χ1v) is 7.52. The summed E-state index contributed by atoms with van der Waals surface area (Å²) in [7, 11) is 2.32. The number of rotatable bonds is 6. The molecule has 1 aliphatic carbocycles. The van der Waals surface area contributed by atoms with E-state index in [4.69, 9.17) is 0 Å². The second-order valence-corrected chi connectivity index (χ2v) is 6.10. The van der Waals surface area contributed by atoms with Crippen molar-refractivity contribution in [3.05, 3.63) is 0 Å². The van der Waals surface area contributed by atoms with Gasteiger partial charge in [-0.05, 0) is 44.7 Å². The zero-order valence-corrected chi connectivity index (χ0v) is 12.5. The predicted octanol–water partition coefficient (Wildman–Crippen LogP) is 3.13. The fourth-order valence-corrected chi connectivity index (χ4v) is 3.09. The van der Waals surface area contributed by atoms with Crippen molar-refractivity contribution in [3.8, 4) is 0 Å². The molecule has 0 heterocycles. The van der Waals surface area contributed by atoms with Gasteiger partial charge >= 0.3 is 0 Å². The van der Waals surface area contributed by atoms with E-state index in [9.17, 15) is 0 Å². The normalized spacial score (nSPS) is 31.8. The number of nitrogens with zero attached hydrogens (tertiary/aromatic N) is 1. The molecule has 17 heavy (non-hydrogen) atoms.